The number of fused-ring (bicyclic) bond motifs is 1. The summed E-state index contributed by atoms with van der Waals surface area (Å²) in [6, 6.07) is 5.64. The Hall–Kier alpha value is -1.78. The third-order valence-electron chi connectivity index (χ3n) is 4.19. The topological polar surface area (TPSA) is 72.8 Å². The molecule has 0 amide bonds. The monoisotopic (exact) mass is 368 g/mol. The van der Waals surface area contributed by atoms with E-state index in [0.29, 0.717) is 24.3 Å². The molecule has 1 heterocycles. The fourth-order valence-electron chi connectivity index (χ4n) is 2.78. The number of ether oxygens (including phenoxy) is 2. The van der Waals surface area contributed by atoms with Crippen LogP contribution in [0.2, 0.25) is 0 Å². The number of methoxy groups -OCH3 is 2. The summed E-state index contributed by atoms with van der Waals surface area (Å²) in [6.07, 6.45) is 1.27. The second-order valence-electron chi connectivity index (χ2n) is 5.35. The molecule has 0 saturated heterocycles. The molecule has 3 rings (SSSR count). The van der Waals surface area contributed by atoms with Crippen LogP contribution in [0.15, 0.2) is 18.2 Å². The van der Waals surface area contributed by atoms with E-state index >= 15 is 0 Å². The predicted molar refractivity (Wildman–Crippen MR) is 82.2 cm³/mol. The van der Waals surface area contributed by atoms with Crippen molar-refractivity contribution in [3.8, 4) is 11.5 Å². The zero-order chi connectivity index (χ0) is 15.9. The van der Waals surface area contributed by atoms with Gasteiger partial charge in [0.05, 0.1) is 0 Å². The Morgan fingerprint density at radius 2 is 1.73 bits per heavy atom. The summed E-state index contributed by atoms with van der Waals surface area (Å²) in [7, 11) is 3.16. The number of carboxylic acids is 1. The molecule has 1 N–H and O–H groups in total. The van der Waals surface area contributed by atoms with Crippen molar-refractivity contribution in [2.24, 2.45) is 11.8 Å². The van der Waals surface area contributed by atoms with Gasteiger partial charge in [-0.25, -0.2) is 0 Å². The Bertz CT molecular complexity index is 707. The molecular formula is C16H16O5Se. The van der Waals surface area contributed by atoms with Crippen LogP contribution in [0, 0.1) is 11.8 Å². The first-order valence-electron chi connectivity index (χ1n) is 6.97. The Balaban J connectivity index is 1.95. The van der Waals surface area contributed by atoms with Gasteiger partial charge >= 0.3 is 133 Å². The van der Waals surface area contributed by atoms with Gasteiger partial charge in [-0.05, 0) is 0 Å². The molecule has 2 atom stereocenters. The summed E-state index contributed by atoms with van der Waals surface area (Å²) in [5.74, 6) is -0.462. The van der Waals surface area contributed by atoms with Crippen LogP contribution in [0.5, 0.6) is 11.5 Å². The van der Waals surface area contributed by atoms with E-state index in [1.807, 2.05) is 18.2 Å². The summed E-state index contributed by atoms with van der Waals surface area (Å²) in [6.45, 7) is 0. The summed E-state index contributed by atoms with van der Waals surface area (Å²) < 4.78 is 12.4. The average Bonchev–Trinajstić information content (AvgIpc) is 2.86. The molecule has 1 fully saturated rings. The van der Waals surface area contributed by atoms with Gasteiger partial charge < -0.3 is 0 Å². The number of rotatable bonds is 5. The molecule has 5 nitrogen and oxygen atoms in total. The van der Waals surface area contributed by atoms with Gasteiger partial charge in [0.25, 0.3) is 0 Å². The molecule has 2 unspecified atom stereocenters. The fraction of sp³-hybridized carbons (Fsp3) is 0.375. The Kier molecular flexibility index (Phi) is 3.98. The minimum absolute atomic E-state index is 0.00668. The average molecular weight is 367 g/mol. The van der Waals surface area contributed by atoms with Crippen molar-refractivity contribution in [3.05, 3.63) is 22.6 Å². The molecule has 0 spiro atoms. The number of ketones is 1. The van der Waals surface area contributed by atoms with E-state index in [1.165, 1.54) is 0 Å². The maximum absolute atomic E-state index is 12.5. The van der Waals surface area contributed by atoms with Gasteiger partial charge in [-0.1, -0.05) is 0 Å². The molecule has 1 aliphatic rings. The summed E-state index contributed by atoms with van der Waals surface area (Å²) >= 11 is -0.107. The Morgan fingerprint density at radius 1 is 1.09 bits per heavy atom. The Morgan fingerprint density at radius 3 is 2.27 bits per heavy atom. The van der Waals surface area contributed by atoms with E-state index in [1.54, 1.807) is 14.2 Å². The first-order valence-corrected chi connectivity index (χ1v) is 8.69. The van der Waals surface area contributed by atoms with E-state index in [-0.39, 0.29) is 26.2 Å². The molecular weight excluding hydrogens is 351 g/mol. The maximum atomic E-state index is 12.5. The molecule has 2 aromatic rings. The van der Waals surface area contributed by atoms with E-state index in [4.69, 9.17) is 14.6 Å². The van der Waals surface area contributed by atoms with Crippen LogP contribution in [-0.2, 0) is 4.79 Å². The van der Waals surface area contributed by atoms with Gasteiger partial charge in [-0.2, -0.15) is 0 Å². The van der Waals surface area contributed by atoms with Crippen molar-refractivity contribution in [1.29, 1.82) is 0 Å². The van der Waals surface area contributed by atoms with Crippen LogP contribution in [-0.4, -0.2) is 45.6 Å². The van der Waals surface area contributed by atoms with Crippen LogP contribution in [0.3, 0.4) is 0 Å². The SMILES string of the molecule is COc1cc2cc(C(=O)C3CCC3C(=O)O)[se]c2cc1OC. The fourth-order valence-corrected chi connectivity index (χ4v) is 5.04. The summed E-state index contributed by atoms with van der Waals surface area (Å²) in [4.78, 5) is 23.6. The standard InChI is InChI=1S/C16H16O5Se/c1-20-11-5-8-6-14(22-13(8)7-12(11)21-2)15(17)9-3-4-10(9)16(18)19/h5-7,9-10H,3-4H2,1-2H3,(H,18,19). The third kappa shape index (κ3) is 2.42. The number of Topliss-reactive ketones (excluding diaryl/α,β-unsaturated/α-hetero) is 1. The second kappa shape index (κ2) is 5.78. The van der Waals surface area contributed by atoms with E-state index in [2.05, 4.69) is 0 Å². The first kappa shape index (κ1) is 15.1. The Labute approximate surface area is 133 Å². The molecule has 1 aromatic carbocycles. The number of carbonyl (C=O) groups is 2. The number of hydrogen-bond acceptors (Lipinski definition) is 4. The summed E-state index contributed by atoms with van der Waals surface area (Å²) in [5, 5.41) is 10.1. The second-order valence-corrected chi connectivity index (χ2v) is 7.62. The zero-order valence-electron chi connectivity index (χ0n) is 12.3. The molecule has 0 radical (unpaired) electrons. The van der Waals surface area contributed by atoms with Crippen LogP contribution in [0.25, 0.3) is 9.65 Å². The van der Waals surface area contributed by atoms with Crippen molar-refractivity contribution in [2.45, 2.75) is 12.8 Å². The van der Waals surface area contributed by atoms with Crippen molar-refractivity contribution in [1.82, 2.24) is 0 Å². The molecule has 1 aliphatic carbocycles. The van der Waals surface area contributed by atoms with Crippen LogP contribution in [0.4, 0.5) is 0 Å². The van der Waals surface area contributed by atoms with Gasteiger partial charge in [0.1, 0.15) is 0 Å². The summed E-state index contributed by atoms with van der Waals surface area (Å²) in [5.41, 5.74) is 0. The molecule has 1 aromatic heterocycles. The first-order chi connectivity index (χ1) is 10.5. The number of carboxylic acid groups (broad SMARTS) is 1. The molecule has 0 bridgehead atoms. The van der Waals surface area contributed by atoms with Crippen molar-refractivity contribution in [2.75, 3.05) is 14.2 Å². The zero-order valence-corrected chi connectivity index (χ0v) is 14.0. The van der Waals surface area contributed by atoms with Crippen LogP contribution >= 0.6 is 0 Å². The van der Waals surface area contributed by atoms with Crippen molar-refractivity contribution >= 4 is 35.9 Å². The normalized spacial score (nSPS) is 20.5. The number of carbonyl (C=O) groups excluding carboxylic acids is 1. The van der Waals surface area contributed by atoms with Crippen molar-refractivity contribution < 1.29 is 24.2 Å². The molecule has 0 aliphatic heterocycles. The van der Waals surface area contributed by atoms with Gasteiger partial charge in [-0.3, -0.25) is 0 Å². The molecule has 6 heteroatoms. The number of benzene rings is 1. The van der Waals surface area contributed by atoms with Gasteiger partial charge in [-0.15, -0.1) is 0 Å². The molecule has 1 saturated carbocycles. The van der Waals surface area contributed by atoms with Gasteiger partial charge in [0, 0.05) is 0 Å². The van der Waals surface area contributed by atoms with E-state index < -0.39 is 11.9 Å². The van der Waals surface area contributed by atoms with Gasteiger partial charge in [0.15, 0.2) is 0 Å². The quantitative estimate of drug-likeness (QED) is 0.648. The predicted octanol–water partition coefficient (Wildman–Crippen LogP) is 2.21. The molecule has 116 valence electrons. The minimum atomic E-state index is -0.864. The third-order valence-corrected chi connectivity index (χ3v) is 6.53. The number of hydrogen-bond donors (Lipinski definition) is 1. The van der Waals surface area contributed by atoms with Crippen molar-refractivity contribution in [3.63, 3.8) is 0 Å². The van der Waals surface area contributed by atoms with E-state index in [0.717, 1.165) is 14.1 Å². The molecule has 22 heavy (non-hydrogen) atoms. The van der Waals surface area contributed by atoms with Gasteiger partial charge in [0.2, 0.25) is 0 Å². The van der Waals surface area contributed by atoms with Crippen LogP contribution in [0.1, 0.15) is 22.1 Å². The van der Waals surface area contributed by atoms with Crippen LogP contribution < -0.4 is 9.47 Å². The number of aliphatic carboxylic acids is 1. The van der Waals surface area contributed by atoms with E-state index in [9.17, 15) is 9.59 Å².